The first-order valence-electron chi connectivity index (χ1n) is 8.55. The molecule has 0 bridgehead atoms. The van der Waals surface area contributed by atoms with Gasteiger partial charge in [-0.05, 0) is 49.1 Å². The van der Waals surface area contributed by atoms with Crippen molar-refractivity contribution in [3.05, 3.63) is 59.2 Å². The van der Waals surface area contributed by atoms with Gasteiger partial charge < -0.3 is 9.47 Å². The lowest BCUT2D eigenvalue weighted by atomic mass is 9.91. The number of nitrogens with one attached hydrogen (secondary N) is 1. The monoisotopic (exact) mass is 377 g/mol. The highest BCUT2D eigenvalue weighted by atomic mass is 32.2. The molecular formula is C20H27NO4S. The molecule has 1 atom stereocenters. The summed E-state index contributed by atoms with van der Waals surface area (Å²) < 4.78 is 39.4. The second kappa shape index (κ2) is 8.20. The van der Waals surface area contributed by atoms with Crippen LogP contribution in [0.5, 0.6) is 5.75 Å². The molecule has 0 saturated carbocycles. The first-order chi connectivity index (χ1) is 12.3. The van der Waals surface area contributed by atoms with E-state index in [4.69, 9.17) is 9.47 Å². The Hall–Kier alpha value is -1.89. The van der Waals surface area contributed by atoms with Gasteiger partial charge in [0.1, 0.15) is 11.4 Å². The van der Waals surface area contributed by atoms with Gasteiger partial charge in [0.25, 0.3) is 0 Å². The summed E-state index contributed by atoms with van der Waals surface area (Å²) in [5.41, 5.74) is 1.79. The van der Waals surface area contributed by atoms with E-state index in [-0.39, 0.29) is 11.4 Å². The topological polar surface area (TPSA) is 64.6 Å². The van der Waals surface area contributed by atoms with Crippen LogP contribution in [0.3, 0.4) is 0 Å². The van der Waals surface area contributed by atoms with Gasteiger partial charge in [0.2, 0.25) is 10.0 Å². The van der Waals surface area contributed by atoms with Crippen molar-refractivity contribution in [2.24, 2.45) is 0 Å². The summed E-state index contributed by atoms with van der Waals surface area (Å²) in [7, 11) is -0.494. The zero-order chi connectivity index (χ0) is 19.4. The quantitative estimate of drug-likeness (QED) is 0.764. The summed E-state index contributed by atoms with van der Waals surface area (Å²) in [5, 5.41) is 0. The lowest BCUT2D eigenvalue weighted by Crippen LogP contribution is -2.41. The maximum Gasteiger partial charge on any atom is 0.240 e. The first kappa shape index (κ1) is 20.4. The molecular weight excluding hydrogens is 350 g/mol. The molecule has 2 aromatic carbocycles. The molecule has 26 heavy (non-hydrogen) atoms. The van der Waals surface area contributed by atoms with Crippen LogP contribution in [0.1, 0.15) is 30.0 Å². The van der Waals surface area contributed by atoms with Crippen LogP contribution in [0.2, 0.25) is 0 Å². The average molecular weight is 378 g/mol. The Balaban J connectivity index is 2.31. The third kappa shape index (κ3) is 4.09. The summed E-state index contributed by atoms with van der Waals surface area (Å²) in [4.78, 5) is 0.225. The van der Waals surface area contributed by atoms with Gasteiger partial charge in [-0.25, -0.2) is 13.1 Å². The molecule has 0 aliphatic heterocycles. The zero-order valence-corrected chi connectivity index (χ0v) is 16.8. The van der Waals surface area contributed by atoms with Gasteiger partial charge in [-0.2, -0.15) is 0 Å². The van der Waals surface area contributed by atoms with E-state index in [1.807, 2.05) is 51.1 Å². The molecule has 1 N–H and O–H groups in total. The molecule has 0 radical (unpaired) electrons. The molecule has 0 heterocycles. The van der Waals surface area contributed by atoms with Gasteiger partial charge in [0.15, 0.2) is 0 Å². The average Bonchev–Trinajstić information content (AvgIpc) is 2.63. The predicted octanol–water partition coefficient (Wildman–Crippen LogP) is 3.54. The second-order valence-electron chi connectivity index (χ2n) is 6.33. The van der Waals surface area contributed by atoms with Crippen molar-refractivity contribution in [2.75, 3.05) is 20.8 Å². The summed E-state index contributed by atoms with van der Waals surface area (Å²) in [6.07, 6.45) is 0.636. The highest BCUT2D eigenvalue weighted by molar-refractivity contribution is 7.89. The standard InChI is InChI=1S/C20H27NO4S/c1-6-20(25-5,17-10-8-7-9-11-17)14-21-26(22,23)18-12-15(2)19(24-4)16(3)13-18/h7-13,21H,6,14H2,1-5H3. The van der Waals surface area contributed by atoms with Gasteiger partial charge in [0.05, 0.1) is 12.0 Å². The highest BCUT2D eigenvalue weighted by Crippen LogP contribution is 2.30. The lowest BCUT2D eigenvalue weighted by Gasteiger charge is -2.32. The molecule has 0 saturated heterocycles. The van der Waals surface area contributed by atoms with Crippen molar-refractivity contribution >= 4 is 10.0 Å². The molecule has 0 aliphatic carbocycles. The molecule has 1 unspecified atom stereocenters. The van der Waals surface area contributed by atoms with Crippen LogP contribution in [-0.4, -0.2) is 29.2 Å². The maximum absolute atomic E-state index is 12.8. The SMILES string of the molecule is CCC(CNS(=O)(=O)c1cc(C)c(OC)c(C)c1)(OC)c1ccccc1. The highest BCUT2D eigenvalue weighted by Gasteiger charge is 2.32. The Labute approximate surface area is 156 Å². The minimum Gasteiger partial charge on any atom is -0.496 e. The smallest absolute Gasteiger partial charge is 0.240 e. The molecule has 0 spiro atoms. The van der Waals surface area contributed by atoms with Crippen LogP contribution < -0.4 is 9.46 Å². The molecule has 0 fully saturated rings. The van der Waals surface area contributed by atoms with Crippen LogP contribution in [0, 0.1) is 13.8 Å². The number of rotatable bonds is 8. The van der Waals surface area contributed by atoms with Gasteiger partial charge >= 0.3 is 0 Å². The van der Waals surface area contributed by atoms with Gasteiger partial charge in [-0.1, -0.05) is 37.3 Å². The molecule has 5 nitrogen and oxygen atoms in total. The largest absolute Gasteiger partial charge is 0.496 e. The summed E-state index contributed by atoms with van der Waals surface area (Å²) in [5.74, 6) is 0.702. The Bertz CT molecular complexity index is 820. The summed E-state index contributed by atoms with van der Waals surface area (Å²) in [6, 6.07) is 12.9. The predicted molar refractivity (Wildman–Crippen MR) is 103 cm³/mol. The number of methoxy groups -OCH3 is 2. The Morgan fingerprint density at radius 3 is 2.08 bits per heavy atom. The molecule has 142 valence electrons. The molecule has 6 heteroatoms. The minimum atomic E-state index is -3.68. The number of hydrogen-bond acceptors (Lipinski definition) is 4. The van der Waals surface area contributed by atoms with Gasteiger partial charge in [0, 0.05) is 13.7 Å². The normalized spacial score (nSPS) is 14.0. The fraction of sp³-hybridized carbons (Fsp3) is 0.400. The van der Waals surface area contributed by atoms with Gasteiger partial charge in [-0.3, -0.25) is 0 Å². The number of aryl methyl sites for hydroxylation is 2. The summed E-state index contributed by atoms with van der Waals surface area (Å²) in [6.45, 7) is 5.80. The van der Waals surface area contributed by atoms with E-state index in [1.165, 1.54) is 0 Å². The maximum atomic E-state index is 12.8. The number of hydrogen-bond donors (Lipinski definition) is 1. The second-order valence-corrected chi connectivity index (χ2v) is 8.10. The van der Waals surface area contributed by atoms with E-state index in [9.17, 15) is 8.42 Å². The van der Waals surface area contributed by atoms with E-state index < -0.39 is 15.6 Å². The van der Waals surface area contributed by atoms with Crippen molar-refractivity contribution in [1.29, 1.82) is 0 Å². The Kier molecular flexibility index (Phi) is 6.44. The number of ether oxygens (including phenoxy) is 2. The van der Waals surface area contributed by atoms with E-state index in [2.05, 4.69) is 4.72 Å². The molecule has 2 aromatic rings. The fourth-order valence-corrected chi connectivity index (χ4v) is 4.44. The Morgan fingerprint density at radius 1 is 1.04 bits per heavy atom. The number of sulfonamides is 1. The summed E-state index contributed by atoms with van der Waals surface area (Å²) >= 11 is 0. The van der Waals surface area contributed by atoms with E-state index in [0.29, 0.717) is 12.2 Å². The van der Waals surface area contributed by atoms with E-state index in [1.54, 1.807) is 26.4 Å². The first-order valence-corrected chi connectivity index (χ1v) is 10.0. The Morgan fingerprint density at radius 2 is 1.62 bits per heavy atom. The molecule has 2 rings (SSSR count). The zero-order valence-electron chi connectivity index (χ0n) is 16.0. The molecule has 0 aliphatic rings. The third-order valence-corrected chi connectivity index (χ3v) is 6.14. The van der Waals surface area contributed by atoms with Crippen LogP contribution in [-0.2, 0) is 20.4 Å². The van der Waals surface area contributed by atoms with Crippen LogP contribution in [0.25, 0.3) is 0 Å². The van der Waals surface area contributed by atoms with Crippen molar-refractivity contribution in [3.63, 3.8) is 0 Å². The van der Waals surface area contributed by atoms with Crippen LogP contribution in [0.4, 0.5) is 0 Å². The molecule has 0 aromatic heterocycles. The van der Waals surface area contributed by atoms with Crippen molar-refractivity contribution in [3.8, 4) is 5.75 Å². The fourth-order valence-electron chi connectivity index (χ4n) is 3.19. The van der Waals surface area contributed by atoms with Crippen molar-refractivity contribution in [2.45, 2.75) is 37.7 Å². The van der Waals surface area contributed by atoms with Gasteiger partial charge in [-0.15, -0.1) is 0 Å². The van der Waals surface area contributed by atoms with Crippen molar-refractivity contribution in [1.82, 2.24) is 4.72 Å². The third-order valence-electron chi connectivity index (χ3n) is 4.76. The van der Waals surface area contributed by atoms with E-state index in [0.717, 1.165) is 16.7 Å². The number of benzene rings is 2. The van der Waals surface area contributed by atoms with Crippen molar-refractivity contribution < 1.29 is 17.9 Å². The van der Waals surface area contributed by atoms with Crippen LogP contribution >= 0.6 is 0 Å². The van der Waals surface area contributed by atoms with Crippen LogP contribution in [0.15, 0.2) is 47.4 Å². The van der Waals surface area contributed by atoms with E-state index >= 15 is 0 Å². The lowest BCUT2D eigenvalue weighted by molar-refractivity contribution is -0.0133. The molecule has 0 amide bonds. The minimum absolute atomic E-state index is 0.149.